The molecule has 0 aromatic carbocycles. The number of hydrogen-bond acceptors (Lipinski definition) is 4. The summed E-state index contributed by atoms with van der Waals surface area (Å²) in [6.07, 6.45) is 2.33. The Balaban J connectivity index is 2.91. The van der Waals surface area contributed by atoms with E-state index in [1.54, 1.807) is 13.0 Å². The fourth-order valence-electron chi connectivity index (χ4n) is 2.49. The van der Waals surface area contributed by atoms with Crippen molar-refractivity contribution in [3.05, 3.63) is 23.3 Å². The number of imide groups is 1. The Morgan fingerprint density at radius 1 is 1.36 bits per heavy atom. The number of aliphatic hydroxyl groups excluding tert-OH is 1. The Hall–Kier alpha value is -1.62. The summed E-state index contributed by atoms with van der Waals surface area (Å²) in [7, 11) is 0. The third-order valence-electron chi connectivity index (χ3n) is 4.16. The molecule has 22 heavy (non-hydrogen) atoms. The van der Waals surface area contributed by atoms with Crippen LogP contribution in [0.2, 0.25) is 0 Å². The number of carbonyl (C=O) groups excluding carboxylic acids is 2. The summed E-state index contributed by atoms with van der Waals surface area (Å²) >= 11 is 0. The van der Waals surface area contributed by atoms with Gasteiger partial charge in [-0.25, -0.2) is 9.69 Å². The lowest BCUT2D eigenvalue weighted by Crippen LogP contribution is -2.42. The standard InChI is InChI=1S/C17H27NO4/c1-7-11(4)15(19)12(5)8-13(6)16(20)18-14(10(2)3)9-22-17(18)21/h7-8,10,12,14-15,19H,9H2,1-6H3/b11-7+,13-8+/t12-,14+,15+/m0/s1. The number of hydrogen-bond donors (Lipinski definition) is 1. The molecular formula is C17H27NO4. The van der Waals surface area contributed by atoms with Gasteiger partial charge in [0.05, 0.1) is 12.1 Å². The average molecular weight is 309 g/mol. The normalized spacial score (nSPS) is 22.8. The first-order valence-electron chi connectivity index (χ1n) is 7.70. The van der Waals surface area contributed by atoms with Gasteiger partial charge in [0.15, 0.2) is 0 Å². The van der Waals surface area contributed by atoms with Gasteiger partial charge in [-0.05, 0) is 32.3 Å². The number of amides is 2. The maximum Gasteiger partial charge on any atom is 0.417 e. The number of rotatable bonds is 5. The SMILES string of the molecule is C/C=C(\C)[C@@H](O)[C@@H](C)/C=C(\C)C(=O)N1C(=O)OC[C@@H]1C(C)C. The zero-order valence-corrected chi connectivity index (χ0v) is 14.3. The number of ether oxygens (including phenoxy) is 1. The molecule has 3 atom stereocenters. The smallest absolute Gasteiger partial charge is 0.417 e. The minimum Gasteiger partial charge on any atom is -0.447 e. The maximum absolute atomic E-state index is 12.5. The molecule has 0 aromatic heterocycles. The van der Waals surface area contributed by atoms with Crippen LogP contribution in [0.5, 0.6) is 0 Å². The minimum absolute atomic E-state index is 0.136. The topological polar surface area (TPSA) is 66.8 Å². The van der Waals surface area contributed by atoms with Crippen LogP contribution < -0.4 is 0 Å². The van der Waals surface area contributed by atoms with E-state index in [9.17, 15) is 14.7 Å². The second-order valence-electron chi connectivity index (χ2n) is 6.25. The van der Waals surface area contributed by atoms with Crippen molar-refractivity contribution in [1.82, 2.24) is 4.90 Å². The summed E-state index contributed by atoms with van der Waals surface area (Å²) in [5.74, 6) is -0.425. The predicted molar refractivity (Wildman–Crippen MR) is 85.2 cm³/mol. The van der Waals surface area contributed by atoms with Crippen molar-refractivity contribution in [2.75, 3.05) is 6.61 Å². The molecule has 124 valence electrons. The summed E-state index contributed by atoms with van der Waals surface area (Å²) < 4.78 is 5.00. The molecule has 1 aliphatic heterocycles. The van der Waals surface area contributed by atoms with Crippen molar-refractivity contribution < 1.29 is 19.4 Å². The lowest BCUT2D eigenvalue weighted by molar-refractivity contribution is -0.125. The molecular weight excluding hydrogens is 282 g/mol. The summed E-state index contributed by atoms with van der Waals surface area (Å²) in [4.78, 5) is 25.5. The van der Waals surface area contributed by atoms with E-state index in [-0.39, 0.29) is 30.4 Å². The Bertz CT molecular complexity index is 493. The summed E-state index contributed by atoms with van der Waals surface area (Å²) in [5, 5.41) is 10.1. The van der Waals surface area contributed by atoms with Crippen LogP contribution in [0.25, 0.3) is 0 Å². The zero-order chi connectivity index (χ0) is 17.0. The summed E-state index contributed by atoms with van der Waals surface area (Å²) in [6, 6.07) is -0.235. The second kappa shape index (κ2) is 7.58. The van der Waals surface area contributed by atoms with Crippen LogP contribution in [0.1, 0.15) is 41.5 Å². The van der Waals surface area contributed by atoms with Gasteiger partial charge in [-0.2, -0.15) is 0 Å². The van der Waals surface area contributed by atoms with Gasteiger partial charge in [0, 0.05) is 11.5 Å². The van der Waals surface area contributed by atoms with Crippen molar-refractivity contribution in [2.45, 2.75) is 53.7 Å². The molecule has 5 nitrogen and oxygen atoms in total. The highest BCUT2D eigenvalue weighted by atomic mass is 16.6. The first-order chi connectivity index (χ1) is 10.2. The highest BCUT2D eigenvalue weighted by Gasteiger charge is 2.39. The zero-order valence-electron chi connectivity index (χ0n) is 14.3. The number of cyclic esters (lactones) is 1. The third-order valence-corrected chi connectivity index (χ3v) is 4.16. The number of allylic oxidation sites excluding steroid dienone is 1. The maximum atomic E-state index is 12.5. The first-order valence-corrected chi connectivity index (χ1v) is 7.70. The molecule has 5 heteroatoms. The molecule has 1 aliphatic rings. The largest absolute Gasteiger partial charge is 0.447 e. The molecule has 1 N–H and O–H groups in total. The fourth-order valence-corrected chi connectivity index (χ4v) is 2.49. The number of carbonyl (C=O) groups is 2. The quantitative estimate of drug-likeness (QED) is 0.626. The fraction of sp³-hybridized carbons (Fsp3) is 0.647. The van der Waals surface area contributed by atoms with E-state index in [1.165, 1.54) is 4.90 Å². The van der Waals surface area contributed by atoms with Gasteiger partial charge in [-0.15, -0.1) is 0 Å². The molecule has 0 spiro atoms. The highest BCUT2D eigenvalue weighted by molar-refractivity contribution is 6.03. The lowest BCUT2D eigenvalue weighted by Gasteiger charge is -2.23. The van der Waals surface area contributed by atoms with Crippen molar-refractivity contribution in [3.63, 3.8) is 0 Å². The van der Waals surface area contributed by atoms with E-state index in [2.05, 4.69) is 0 Å². The Morgan fingerprint density at radius 3 is 2.45 bits per heavy atom. The van der Waals surface area contributed by atoms with Gasteiger partial charge < -0.3 is 9.84 Å². The predicted octanol–water partition coefficient (Wildman–Crippen LogP) is 2.90. The molecule has 2 amide bonds. The molecule has 0 aromatic rings. The molecule has 0 saturated carbocycles. The number of aliphatic hydroxyl groups is 1. The van der Waals surface area contributed by atoms with Gasteiger partial charge in [0.1, 0.15) is 6.61 Å². The van der Waals surface area contributed by atoms with E-state index < -0.39 is 12.2 Å². The highest BCUT2D eigenvalue weighted by Crippen LogP contribution is 2.23. The average Bonchev–Trinajstić information content (AvgIpc) is 2.86. The second-order valence-corrected chi connectivity index (χ2v) is 6.25. The summed E-state index contributed by atoms with van der Waals surface area (Å²) in [6.45, 7) is 11.4. The van der Waals surface area contributed by atoms with E-state index in [1.807, 2.05) is 40.7 Å². The first kappa shape index (κ1) is 18.4. The van der Waals surface area contributed by atoms with Crippen LogP contribution in [0.15, 0.2) is 23.3 Å². The molecule has 1 fully saturated rings. The van der Waals surface area contributed by atoms with Crippen LogP contribution in [-0.4, -0.2) is 40.8 Å². The van der Waals surface area contributed by atoms with E-state index in [0.29, 0.717) is 5.57 Å². The van der Waals surface area contributed by atoms with Crippen LogP contribution >= 0.6 is 0 Å². The molecule has 0 aliphatic carbocycles. The summed E-state index contributed by atoms with van der Waals surface area (Å²) in [5.41, 5.74) is 1.30. The van der Waals surface area contributed by atoms with E-state index in [4.69, 9.17) is 4.74 Å². The Kier molecular flexibility index (Phi) is 6.35. The van der Waals surface area contributed by atoms with Gasteiger partial charge in [-0.1, -0.05) is 32.9 Å². The van der Waals surface area contributed by atoms with Crippen molar-refractivity contribution in [2.24, 2.45) is 11.8 Å². The molecule has 0 unspecified atom stereocenters. The minimum atomic E-state index is -0.640. The molecule has 1 saturated heterocycles. The lowest BCUT2D eigenvalue weighted by atomic mass is 9.95. The van der Waals surface area contributed by atoms with Crippen molar-refractivity contribution >= 4 is 12.0 Å². The number of nitrogens with zero attached hydrogens (tertiary/aromatic N) is 1. The van der Waals surface area contributed by atoms with E-state index in [0.717, 1.165) is 5.57 Å². The van der Waals surface area contributed by atoms with E-state index >= 15 is 0 Å². The van der Waals surface area contributed by atoms with Gasteiger partial charge in [-0.3, -0.25) is 4.79 Å². The third kappa shape index (κ3) is 3.97. The van der Waals surface area contributed by atoms with Gasteiger partial charge in [0.25, 0.3) is 5.91 Å². The molecule has 0 bridgehead atoms. The molecule has 0 radical (unpaired) electrons. The van der Waals surface area contributed by atoms with Crippen LogP contribution in [-0.2, 0) is 9.53 Å². The van der Waals surface area contributed by atoms with Crippen molar-refractivity contribution in [3.8, 4) is 0 Å². The van der Waals surface area contributed by atoms with Crippen molar-refractivity contribution in [1.29, 1.82) is 0 Å². The van der Waals surface area contributed by atoms with Gasteiger partial charge >= 0.3 is 6.09 Å². The molecule has 1 heterocycles. The Labute approximate surface area is 132 Å². The van der Waals surface area contributed by atoms with Gasteiger partial charge in [0.2, 0.25) is 0 Å². The van der Waals surface area contributed by atoms with Crippen LogP contribution in [0.3, 0.4) is 0 Å². The van der Waals surface area contributed by atoms with Crippen LogP contribution in [0, 0.1) is 11.8 Å². The molecule has 1 rings (SSSR count). The van der Waals surface area contributed by atoms with Crippen LogP contribution in [0.4, 0.5) is 4.79 Å². The Morgan fingerprint density at radius 2 is 1.95 bits per heavy atom. The monoisotopic (exact) mass is 309 g/mol.